The lowest BCUT2D eigenvalue weighted by Crippen LogP contribution is -2.21. The molecule has 0 radical (unpaired) electrons. The Bertz CT molecular complexity index is 1030. The molecule has 0 atom stereocenters. The first-order chi connectivity index (χ1) is 15.2. The van der Waals surface area contributed by atoms with E-state index in [-0.39, 0.29) is 0 Å². The predicted octanol–water partition coefficient (Wildman–Crippen LogP) is 5.98. The normalized spacial score (nSPS) is 21.1. The van der Waals surface area contributed by atoms with Gasteiger partial charge in [-0.3, -0.25) is 9.67 Å². The summed E-state index contributed by atoms with van der Waals surface area (Å²) in [5, 5.41) is 8.22. The smallest absolute Gasteiger partial charge is 0.140 e. The lowest BCUT2D eigenvalue weighted by molar-refractivity contribution is 0.334. The molecule has 1 N–H and O–H groups in total. The zero-order chi connectivity index (χ0) is 21.2. The maximum absolute atomic E-state index is 5.35. The van der Waals surface area contributed by atoms with Crippen molar-refractivity contribution in [3.63, 3.8) is 0 Å². The largest absolute Gasteiger partial charge is 0.495 e. The maximum atomic E-state index is 5.35. The van der Waals surface area contributed by atoms with E-state index in [9.17, 15) is 0 Å². The van der Waals surface area contributed by atoms with Gasteiger partial charge in [0.25, 0.3) is 0 Å². The quantitative estimate of drug-likeness (QED) is 0.514. The highest BCUT2D eigenvalue weighted by atomic mass is 16.5. The number of hydrogen-bond donors (Lipinski definition) is 1. The third kappa shape index (κ3) is 4.60. The summed E-state index contributed by atoms with van der Waals surface area (Å²) in [6, 6.07) is 11.6. The van der Waals surface area contributed by atoms with E-state index in [0.29, 0.717) is 12.0 Å². The zero-order valence-corrected chi connectivity index (χ0v) is 18.6. The minimum absolute atomic E-state index is 0.576. The van der Waals surface area contributed by atoms with Crippen LogP contribution in [0, 0.1) is 12.8 Å². The molecule has 5 heteroatoms. The van der Waals surface area contributed by atoms with Crippen molar-refractivity contribution >= 4 is 5.69 Å². The number of aromatic nitrogens is 3. The van der Waals surface area contributed by atoms with E-state index < -0.39 is 0 Å². The first kappa shape index (κ1) is 20.1. The van der Waals surface area contributed by atoms with Gasteiger partial charge in [-0.1, -0.05) is 12.1 Å². The van der Waals surface area contributed by atoms with Gasteiger partial charge in [-0.15, -0.1) is 0 Å². The minimum atomic E-state index is 0.576. The molecule has 2 aliphatic rings. The summed E-state index contributed by atoms with van der Waals surface area (Å²) in [5.41, 5.74) is 6.05. The number of pyridine rings is 1. The number of rotatable bonds is 7. The number of aryl methyl sites for hydroxylation is 1. The Balaban J connectivity index is 1.15. The van der Waals surface area contributed by atoms with Crippen LogP contribution >= 0.6 is 0 Å². The summed E-state index contributed by atoms with van der Waals surface area (Å²) < 4.78 is 7.47. The van der Waals surface area contributed by atoms with Crippen molar-refractivity contribution < 1.29 is 4.74 Å². The van der Waals surface area contributed by atoms with Gasteiger partial charge in [0.05, 0.1) is 25.5 Å². The van der Waals surface area contributed by atoms with Gasteiger partial charge in [0.15, 0.2) is 0 Å². The first-order valence-corrected chi connectivity index (χ1v) is 11.6. The summed E-state index contributed by atoms with van der Waals surface area (Å²) in [6.45, 7) is 3.14. The molecule has 31 heavy (non-hydrogen) atoms. The molecule has 2 fully saturated rings. The van der Waals surface area contributed by atoms with E-state index in [1.165, 1.54) is 66.6 Å². The number of anilines is 1. The monoisotopic (exact) mass is 416 g/mol. The Labute approximate surface area is 184 Å². The van der Waals surface area contributed by atoms with E-state index in [1.54, 1.807) is 7.11 Å². The number of nitrogens with zero attached hydrogens (tertiary/aromatic N) is 3. The molecule has 2 aromatic heterocycles. The Morgan fingerprint density at radius 1 is 1.03 bits per heavy atom. The van der Waals surface area contributed by atoms with E-state index in [1.807, 2.05) is 12.4 Å². The van der Waals surface area contributed by atoms with Crippen LogP contribution in [0.4, 0.5) is 5.69 Å². The van der Waals surface area contributed by atoms with Gasteiger partial charge in [-0.2, -0.15) is 5.10 Å². The second kappa shape index (κ2) is 8.74. The molecule has 5 rings (SSSR count). The lowest BCUT2D eigenvalue weighted by atomic mass is 9.80. The predicted molar refractivity (Wildman–Crippen MR) is 125 cm³/mol. The molecule has 2 aliphatic carbocycles. The molecule has 0 unspecified atom stereocenters. The standard InChI is InChI=1S/C26H32N4O/c1-18-12-25(28-16-26(18)31-2)20-8-6-19(7-9-20)14-27-23-5-3-4-21(13-23)22-15-29-30(17-22)24-10-11-24/h3-5,12-13,15-17,19-20,24,27H,6-11,14H2,1-2H3/t19-,20-. The van der Waals surface area contributed by atoms with Crippen LogP contribution in [-0.2, 0) is 0 Å². The van der Waals surface area contributed by atoms with Crippen molar-refractivity contribution in [2.75, 3.05) is 19.0 Å². The molecular weight excluding hydrogens is 384 g/mol. The highest BCUT2D eigenvalue weighted by molar-refractivity contribution is 5.67. The average molecular weight is 417 g/mol. The molecule has 2 saturated carbocycles. The van der Waals surface area contributed by atoms with E-state index in [2.05, 4.69) is 63.5 Å². The number of benzene rings is 1. The molecule has 1 aromatic carbocycles. The fourth-order valence-electron chi connectivity index (χ4n) is 4.76. The fourth-order valence-corrected chi connectivity index (χ4v) is 4.76. The zero-order valence-electron chi connectivity index (χ0n) is 18.6. The molecule has 2 heterocycles. The molecule has 0 amide bonds. The number of nitrogens with one attached hydrogen (secondary N) is 1. The Kier molecular flexibility index (Phi) is 5.66. The molecule has 0 bridgehead atoms. The summed E-state index contributed by atoms with van der Waals surface area (Å²) in [7, 11) is 1.71. The third-order valence-corrected chi connectivity index (χ3v) is 6.88. The molecular formula is C26H32N4O. The van der Waals surface area contributed by atoms with Gasteiger partial charge >= 0.3 is 0 Å². The molecule has 3 aromatic rings. The number of methoxy groups -OCH3 is 1. The summed E-state index contributed by atoms with van der Waals surface area (Å²) >= 11 is 0. The molecule has 0 saturated heterocycles. The van der Waals surface area contributed by atoms with Gasteiger partial charge < -0.3 is 10.1 Å². The number of hydrogen-bond acceptors (Lipinski definition) is 4. The molecule has 0 spiro atoms. The number of ether oxygens (including phenoxy) is 1. The molecule has 0 aliphatic heterocycles. The highest BCUT2D eigenvalue weighted by Gasteiger charge is 2.25. The van der Waals surface area contributed by atoms with Crippen LogP contribution in [0.1, 0.15) is 61.7 Å². The van der Waals surface area contributed by atoms with Crippen LogP contribution in [0.2, 0.25) is 0 Å². The minimum Gasteiger partial charge on any atom is -0.495 e. The van der Waals surface area contributed by atoms with Crippen LogP contribution in [0.25, 0.3) is 11.1 Å². The van der Waals surface area contributed by atoms with Gasteiger partial charge in [0.2, 0.25) is 0 Å². The van der Waals surface area contributed by atoms with Crippen LogP contribution in [-0.4, -0.2) is 28.4 Å². The molecule has 162 valence electrons. The third-order valence-electron chi connectivity index (χ3n) is 6.88. The van der Waals surface area contributed by atoms with Crippen LogP contribution in [0.3, 0.4) is 0 Å². The van der Waals surface area contributed by atoms with Crippen molar-refractivity contribution in [3.8, 4) is 16.9 Å². The van der Waals surface area contributed by atoms with E-state index in [4.69, 9.17) is 4.74 Å². The van der Waals surface area contributed by atoms with Crippen LogP contribution in [0.15, 0.2) is 48.9 Å². The van der Waals surface area contributed by atoms with E-state index in [0.717, 1.165) is 18.2 Å². The Hall–Kier alpha value is -2.82. The van der Waals surface area contributed by atoms with Gasteiger partial charge in [0, 0.05) is 35.6 Å². The van der Waals surface area contributed by atoms with Crippen molar-refractivity contribution in [1.29, 1.82) is 0 Å². The van der Waals surface area contributed by atoms with Gasteiger partial charge in [0.1, 0.15) is 5.75 Å². The lowest BCUT2D eigenvalue weighted by Gasteiger charge is -2.29. The summed E-state index contributed by atoms with van der Waals surface area (Å²) in [5.74, 6) is 2.17. The Morgan fingerprint density at radius 3 is 2.61 bits per heavy atom. The maximum Gasteiger partial charge on any atom is 0.140 e. The van der Waals surface area contributed by atoms with Crippen molar-refractivity contribution in [3.05, 3.63) is 60.2 Å². The fraction of sp³-hybridized carbons (Fsp3) is 0.462. The van der Waals surface area contributed by atoms with Crippen molar-refractivity contribution in [1.82, 2.24) is 14.8 Å². The average Bonchev–Trinajstić information content (AvgIpc) is 3.54. The summed E-state index contributed by atoms with van der Waals surface area (Å²) in [4.78, 5) is 4.66. The first-order valence-electron chi connectivity index (χ1n) is 11.6. The summed E-state index contributed by atoms with van der Waals surface area (Å²) in [6.07, 6.45) is 13.5. The second-order valence-corrected chi connectivity index (χ2v) is 9.20. The Morgan fingerprint density at radius 2 is 1.87 bits per heavy atom. The van der Waals surface area contributed by atoms with Crippen molar-refractivity contribution in [2.24, 2.45) is 5.92 Å². The van der Waals surface area contributed by atoms with Crippen LogP contribution in [0.5, 0.6) is 5.75 Å². The van der Waals surface area contributed by atoms with Gasteiger partial charge in [-0.05, 0) is 80.7 Å². The SMILES string of the molecule is COc1cnc([C@H]2CC[C@H](CNc3cccc(-c4cnn(C5CC5)c4)c3)CC2)cc1C. The van der Waals surface area contributed by atoms with Crippen LogP contribution < -0.4 is 10.1 Å². The topological polar surface area (TPSA) is 52.0 Å². The van der Waals surface area contributed by atoms with Gasteiger partial charge in [-0.25, -0.2) is 0 Å². The van der Waals surface area contributed by atoms with Crippen molar-refractivity contribution in [2.45, 2.75) is 57.4 Å². The molecule has 5 nitrogen and oxygen atoms in total. The highest BCUT2D eigenvalue weighted by Crippen LogP contribution is 2.37. The van der Waals surface area contributed by atoms with E-state index >= 15 is 0 Å². The second-order valence-electron chi connectivity index (χ2n) is 9.20.